The molecule has 0 aliphatic rings. The van der Waals surface area contributed by atoms with E-state index in [0.29, 0.717) is 18.7 Å². The highest BCUT2D eigenvalue weighted by Crippen LogP contribution is 2.10. The lowest BCUT2D eigenvalue weighted by atomic mass is 10.2. The number of guanidine groups is 1. The van der Waals surface area contributed by atoms with Gasteiger partial charge in [0.1, 0.15) is 0 Å². The Morgan fingerprint density at radius 3 is 2.54 bits per heavy atom. The second-order valence-corrected chi connectivity index (χ2v) is 6.79. The van der Waals surface area contributed by atoms with Gasteiger partial charge in [-0.1, -0.05) is 22.0 Å². The number of hydrogen-bond acceptors (Lipinski definition) is 3. The van der Waals surface area contributed by atoms with Crippen molar-refractivity contribution >= 4 is 51.8 Å². The number of nitrogens with zero attached hydrogens (tertiary/aromatic N) is 2. The Balaban J connectivity index is 0.00000392. The van der Waals surface area contributed by atoms with Crippen LogP contribution in [0.5, 0.6) is 0 Å². The van der Waals surface area contributed by atoms with Crippen molar-refractivity contribution < 1.29 is 4.79 Å². The van der Waals surface area contributed by atoms with Gasteiger partial charge in [-0.15, -0.1) is 24.0 Å². The van der Waals surface area contributed by atoms with Crippen molar-refractivity contribution in [1.29, 1.82) is 0 Å². The molecule has 0 bridgehead atoms. The smallest absolute Gasteiger partial charge is 0.251 e. The standard InChI is InChI=1S/C20H26BrN5O.HI/c1-2-22-20(26-15-11-18-6-3-4-12-23-18)25-14-5-13-24-19(27)16-7-9-17(21)10-8-16;/h3-4,6-10,12H,2,5,11,13-15H2,1H3,(H,24,27)(H2,22,25,26);1H. The molecule has 0 aliphatic heterocycles. The van der Waals surface area contributed by atoms with Gasteiger partial charge in [-0.2, -0.15) is 0 Å². The van der Waals surface area contributed by atoms with E-state index in [1.807, 2.05) is 37.3 Å². The largest absolute Gasteiger partial charge is 0.357 e. The van der Waals surface area contributed by atoms with Gasteiger partial charge in [-0.25, -0.2) is 0 Å². The molecule has 0 fully saturated rings. The molecular formula is C20H27BrIN5O. The van der Waals surface area contributed by atoms with Gasteiger partial charge in [-0.3, -0.25) is 14.8 Å². The average molecular weight is 560 g/mol. The van der Waals surface area contributed by atoms with Crippen molar-refractivity contribution in [2.24, 2.45) is 4.99 Å². The summed E-state index contributed by atoms with van der Waals surface area (Å²) in [7, 11) is 0. The summed E-state index contributed by atoms with van der Waals surface area (Å²) in [5.41, 5.74) is 1.71. The molecule has 0 aliphatic carbocycles. The van der Waals surface area contributed by atoms with Crippen LogP contribution in [0.3, 0.4) is 0 Å². The van der Waals surface area contributed by atoms with Crippen molar-refractivity contribution in [2.45, 2.75) is 19.8 Å². The fourth-order valence-corrected chi connectivity index (χ4v) is 2.64. The first-order valence-corrected chi connectivity index (χ1v) is 9.94. The number of nitrogens with one attached hydrogen (secondary N) is 3. The van der Waals surface area contributed by atoms with Gasteiger partial charge in [0, 0.05) is 54.5 Å². The molecule has 152 valence electrons. The first-order valence-electron chi connectivity index (χ1n) is 9.15. The Kier molecular flexibility index (Phi) is 12.5. The van der Waals surface area contributed by atoms with Crippen LogP contribution in [0.1, 0.15) is 29.4 Å². The maximum Gasteiger partial charge on any atom is 0.251 e. The average Bonchev–Trinajstić information content (AvgIpc) is 2.69. The van der Waals surface area contributed by atoms with Crippen molar-refractivity contribution in [1.82, 2.24) is 20.9 Å². The molecule has 0 atom stereocenters. The number of pyridine rings is 1. The summed E-state index contributed by atoms with van der Waals surface area (Å²) in [4.78, 5) is 20.9. The number of aromatic nitrogens is 1. The Labute approximate surface area is 192 Å². The molecule has 2 rings (SSSR count). The van der Waals surface area contributed by atoms with E-state index in [4.69, 9.17) is 0 Å². The van der Waals surface area contributed by atoms with Gasteiger partial charge in [0.2, 0.25) is 0 Å². The van der Waals surface area contributed by atoms with Crippen LogP contribution < -0.4 is 16.0 Å². The van der Waals surface area contributed by atoms with Gasteiger partial charge in [-0.05, 0) is 49.7 Å². The number of amides is 1. The summed E-state index contributed by atoms with van der Waals surface area (Å²) >= 11 is 3.36. The zero-order chi connectivity index (χ0) is 19.3. The number of carbonyl (C=O) groups is 1. The predicted molar refractivity (Wildman–Crippen MR) is 128 cm³/mol. The Hall–Kier alpha value is -1.68. The molecule has 8 heteroatoms. The topological polar surface area (TPSA) is 78.4 Å². The molecule has 1 aromatic carbocycles. The van der Waals surface area contributed by atoms with E-state index in [9.17, 15) is 4.79 Å². The lowest BCUT2D eigenvalue weighted by Gasteiger charge is -2.11. The summed E-state index contributed by atoms with van der Waals surface area (Å²) < 4.78 is 0.958. The Morgan fingerprint density at radius 1 is 1.07 bits per heavy atom. The molecule has 1 aromatic heterocycles. The van der Waals surface area contributed by atoms with E-state index in [0.717, 1.165) is 42.1 Å². The minimum absolute atomic E-state index is 0. The number of carbonyl (C=O) groups excluding carboxylic acids is 1. The van der Waals surface area contributed by atoms with Crippen molar-refractivity contribution in [2.75, 3.05) is 26.2 Å². The minimum Gasteiger partial charge on any atom is -0.357 e. The highest BCUT2D eigenvalue weighted by atomic mass is 127. The van der Waals surface area contributed by atoms with E-state index in [2.05, 4.69) is 41.9 Å². The van der Waals surface area contributed by atoms with Crippen molar-refractivity contribution in [3.63, 3.8) is 0 Å². The predicted octanol–water partition coefficient (Wildman–Crippen LogP) is 3.38. The summed E-state index contributed by atoms with van der Waals surface area (Å²) in [6.45, 7) is 4.83. The zero-order valence-electron chi connectivity index (χ0n) is 16.0. The normalized spacial score (nSPS) is 10.7. The fraction of sp³-hybridized carbons (Fsp3) is 0.350. The third-order valence-electron chi connectivity index (χ3n) is 3.74. The summed E-state index contributed by atoms with van der Waals surface area (Å²) in [6, 6.07) is 13.2. The summed E-state index contributed by atoms with van der Waals surface area (Å²) in [5, 5.41) is 9.45. The summed E-state index contributed by atoms with van der Waals surface area (Å²) in [5.74, 6) is 0.722. The molecule has 3 N–H and O–H groups in total. The Morgan fingerprint density at radius 2 is 1.86 bits per heavy atom. The summed E-state index contributed by atoms with van der Waals surface area (Å²) in [6.07, 6.45) is 3.42. The monoisotopic (exact) mass is 559 g/mol. The van der Waals surface area contributed by atoms with Gasteiger partial charge in [0.25, 0.3) is 5.91 Å². The van der Waals surface area contributed by atoms with Crippen molar-refractivity contribution in [3.8, 4) is 0 Å². The number of benzene rings is 1. The van der Waals surface area contributed by atoms with Crippen LogP contribution in [0.2, 0.25) is 0 Å². The maximum absolute atomic E-state index is 12.0. The molecule has 1 heterocycles. The molecule has 0 unspecified atom stereocenters. The number of rotatable bonds is 9. The number of halogens is 2. The highest BCUT2D eigenvalue weighted by molar-refractivity contribution is 14.0. The highest BCUT2D eigenvalue weighted by Gasteiger charge is 2.04. The van der Waals surface area contributed by atoms with Gasteiger partial charge in [0.15, 0.2) is 5.96 Å². The first-order chi connectivity index (χ1) is 13.2. The van der Waals surface area contributed by atoms with Crippen LogP contribution in [-0.4, -0.2) is 43.0 Å². The fourth-order valence-electron chi connectivity index (χ4n) is 2.37. The molecular weight excluding hydrogens is 533 g/mol. The number of aliphatic imine (C=N–C) groups is 1. The molecule has 28 heavy (non-hydrogen) atoms. The SMILES string of the molecule is CCNC(=NCCCNC(=O)c1ccc(Br)cc1)NCCc1ccccn1.I. The molecule has 0 saturated carbocycles. The molecule has 1 amide bonds. The lowest BCUT2D eigenvalue weighted by Crippen LogP contribution is -2.38. The number of hydrogen-bond donors (Lipinski definition) is 3. The third kappa shape index (κ3) is 9.50. The third-order valence-corrected chi connectivity index (χ3v) is 4.27. The second-order valence-electron chi connectivity index (χ2n) is 5.87. The minimum atomic E-state index is -0.0631. The van der Waals surface area contributed by atoms with E-state index in [1.165, 1.54) is 0 Å². The molecule has 0 saturated heterocycles. The lowest BCUT2D eigenvalue weighted by molar-refractivity contribution is 0.0953. The first kappa shape index (κ1) is 24.4. The van der Waals surface area contributed by atoms with E-state index < -0.39 is 0 Å². The zero-order valence-corrected chi connectivity index (χ0v) is 19.9. The van der Waals surface area contributed by atoms with Crippen LogP contribution in [0, 0.1) is 0 Å². The van der Waals surface area contributed by atoms with E-state index >= 15 is 0 Å². The van der Waals surface area contributed by atoms with Crippen LogP contribution in [0.4, 0.5) is 0 Å². The van der Waals surface area contributed by atoms with Crippen LogP contribution in [-0.2, 0) is 6.42 Å². The van der Waals surface area contributed by atoms with Gasteiger partial charge in [0.05, 0.1) is 0 Å². The quantitative estimate of drug-likeness (QED) is 0.190. The maximum atomic E-state index is 12.0. The molecule has 6 nitrogen and oxygen atoms in total. The van der Waals surface area contributed by atoms with Crippen LogP contribution in [0.15, 0.2) is 58.1 Å². The van der Waals surface area contributed by atoms with Gasteiger partial charge < -0.3 is 16.0 Å². The second kappa shape index (κ2) is 14.3. The Bertz CT molecular complexity index is 725. The van der Waals surface area contributed by atoms with Crippen molar-refractivity contribution in [3.05, 3.63) is 64.4 Å². The van der Waals surface area contributed by atoms with E-state index in [-0.39, 0.29) is 29.9 Å². The van der Waals surface area contributed by atoms with Gasteiger partial charge >= 0.3 is 0 Å². The molecule has 2 aromatic rings. The van der Waals surface area contributed by atoms with Crippen LogP contribution in [0.25, 0.3) is 0 Å². The molecule has 0 spiro atoms. The van der Waals surface area contributed by atoms with Crippen LogP contribution >= 0.6 is 39.9 Å². The van der Waals surface area contributed by atoms with E-state index in [1.54, 1.807) is 18.3 Å². The molecule has 0 radical (unpaired) electrons.